The number of rotatable bonds is 11. The van der Waals surface area contributed by atoms with Gasteiger partial charge in [-0.1, -0.05) is 0 Å². The first-order chi connectivity index (χ1) is 12.5. The molecular weight excluding hydrogens is 398 g/mol. The number of hydrogen-bond donors (Lipinski definition) is 2. The Morgan fingerprint density at radius 3 is 2.33 bits per heavy atom. The molecule has 0 fully saturated rings. The molecule has 1 rings (SSSR count). The van der Waals surface area contributed by atoms with E-state index in [0.29, 0.717) is 0 Å². The van der Waals surface area contributed by atoms with Crippen LogP contribution in [-0.2, 0) is 24.1 Å². The summed E-state index contributed by atoms with van der Waals surface area (Å²) in [6, 6.07) is 2.78. The summed E-state index contributed by atoms with van der Waals surface area (Å²) in [5, 5.41) is 10.7. The topological polar surface area (TPSA) is 102 Å². The van der Waals surface area contributed by atoms with E-state index in [1.54, 1.807) is 5.32 Å². The molecule has 0 aromatic heterocycles. The Kier molecular flexibility index (Phi) is 8.93. The number of amides is 1. The lowest BCUT2D eigenvalue weighted by atomic mass is 10.3. The molecule has 0 spiro atoms. The molecule has 2 N–H and O–H groups in total. The van der Waals surface area contributed by atoms with Crippen LogP contribution < -0.4 is 5.32 Å². The summed E-state index contributed by atoms with van der Waals surface area (Å²) in [4.78, 5) is 10.2. The van der Waals surface area contributed by atoms with Crippen molar-refractivity contribution >= 4 is 15.7 Å². The van der Waals surface area contributed by atoms with Gasteiger partial charge in [-0.2, -0.15) is 13.2 Å². The Bertz CT molecular complexity index is 724. The first-order valence-electron chi connectivity index (χ1n) is 7.76. The molecule has 0 saturated heterocycles. The van der Waals surface area contributed by atoms with Crippen LogP contribution in [-0.4, -0.2) is 64.3 Å². The number of alkyl halides is 3. The van der Waals surface area contributed by atoms with Gasteiger partial charge < -0.3 is 19.9 Å². The van der Waals surface area contributed by atoms with Crippen molar-refractivity contribution in [2.75, 3.05) is 38.7 Å². The number of benzene rings is 1. The number of ether oxygens (including phenoxy) is 2. The Morgan fingerprint density at radius 1 is 1.11 bits per heavy atom. The zero-order valence-electron chi connectivity index (χ0n) is 14.1. The third-order valence-corrected chi connectivity index (χ3v) is 4.94. The summed E-state index contributed by atoms with van der Waals surface area (Å²) in [5.41, 5.74) is 0. The Hall–Kier alpha value is -1.92. The van der Waals surface area contributed by atoms with E-state index in [1.165, 1.54) is 0 Å². The quantitative estimate of drug-likeness (QED) is 0.417. The van der Waals surface area contributed by atoms with Crippen molar-refractivity contribution in [1.29, 1.82) is 0 Å². The number of halogens is 4. The van der Waals surface area contributed by atoms with Crippen molar-refractivity contribution in [3.05, 3.63) is 24.0 Å². The van der Waals surface area contributed by atoms with Crippen molar-refractivity contribution in [2.45, 2.75) is 17.5 Å². The zero-order chi connectivity index (χ0) is 20.5. The number of carbonyl (C=O) groups excluding carboxylic acids is 1. The summed E-state index contributed by atoms with van der Waals surface area (Å²) in [7, 11) is -3.72. The van der Waals surface area contributed by atoms with Gasteiger partial charge in [-0.25, -0.2) is 12.8 Å². The fraction of sp³-hybridized carbons (Fsp3) is 0.533. The number of phenolic OH excluding ortho intramolecular Hbond substituents is 1. The number of hydrogen-bond acceptors (Lipinski definition) is 6. The largest absolute Gasteiger partial charge is 0.505 e. The highest BCUT2D eigenvalue weighted by atomic mass is 32.2. The smallest absolute Gasteiger partial charge is 0.471 e. The molecule has 154 valence electrons. The van der Waals surface area contributed by atoms with Crippen LogP contribution in [0.4, 0.5) is 17.6 Å². The predicted molar refractivity (Wildman–Crippen MR) is 85.4 cm³/mol. The van der Waals surface area contributed by atoms with E-state index in [-0.39, 0.29) is 50.0 Å². The minimum atomic E-state index is -4.94. The van der Waals surface area contributed by atoms with Crippen molar-refractivity contribution in [3.8, 4) is 5.75 Å². The van der Waals surface area contributed by atoms with E-state index in [1.807, 2.05) is 0 Å². The molecule has 0 aliphatic heterocycles. The van der Waals surface area contributed by atoms with E-state index < -0.39 is 33.5 Å². The molecular formula is C15H19F4NO6S. The van der Waals surface area contributed by atoms with Gasteiger partial charge >= 0.3 is 12.1 Å². The molecule has 0 aliphatic rings. The molecule has 0 bridgehead atoms. The fourth-order valence-electron chi connectivity index (χ4n) is 1.81. The highest BCUT2D eigenvalue weighted by molar-refractivity contribution is 7.91. The molecule has 0 saturated carbocycles. The van der Waals surface area contributed by atoms with Gasteiger partial charge in [-0.15, -0.1) is 0 Å². The minimum Gasteiger partial charge on any atom is -0.505 e. The third-order valence-electron chi connectivity index (χ3n) is 3.14. The summed E-state index contributed by atoms with van der Waals surface area (Å²) < 4.78 is 82.9. The van der Waals surface area contributed by atoms with E-state index in [2.05, 4.69) is 0 Å². The van der Waals surface area contributed by atoms with Crippen molar-refractivity contribution in [2.24, 2.45) is 0 Å². The normalized spacial score (nSPS) is 12.1. The molecule has 1 aromatic carbocycles. The number of sulfone groups is 1. The second-order valence-corrected chi connectivity index (χ2v) is 7.37. The second kappa shape index (κ2) is 10.4. The Labute approximate surface area is 153 Å². The van der Waals surface area contributed by atoms with Gasteiger partial charge in [0.25, 0.3) is 0 Å². The molecule has 1 amide bonds. The maximum absolute atomic E-state index is 13.2. The van der Waals surface area contributed by atoms with Gasteiger partial charge in [0.15, 0.2) is 21.4 Å². The molecule has 0 radical (unpaired) electrons. The summed E-state index contributed by atoms with van der Waals surface area (Å²) in [6.45, 7) is -0.224. The minimum absolute atomic E-state index is 0.0534. The average molecular weight is 417 g/mol. The highest BCUT2D eigenvalue weighted by Crippen LogP contribution is 2.20. The maximum atomic E-state index is 13.2. The van der Waals surface area contributed by atoms with Crippen LogP contribution in [0.25, 0.3) is 0 Å². The lowest BCUT2D eigenvalue weighted by Crippen LogP contribution is -2.38. The molecule has 0 aliphatic carbocycles. The fourth-order valence-corrected chi connectivity index (χ4v) is 3.10. The van der Waals surface area contributed by atoms with Crippen LogP contribution in [0, 0.1) is 5.82 Å². The second-order valence-electron chi connectivity index (χ2n) is 5.26. The number of carbonyl (C=O) groups is 1. The lowest BCUT2D eigenvalue weighted by Gasteiger charge is -2.09. The van der Waals surface area contributed by atoms with E-state index in [4.69, 9.17) is 14.6 Å². The first-order valence-corrected chi connectivity index (χ1v) is 9.41. The Balaban J connectivity index is 2.12. The van der Waals surface area contributed by atoms with Crippen molar-refractivity contribution < 1.29 is 45.4 Å². The first kappa shape index (κ1) is 23.1. The van der Waals surface area contributed by atoms with Gasteiger partial charge in [0.1, 0.15) is 0 Å². The molecule has 7 nitrogen and oxygen atoms in total. The lowest BCUT2D eigenvalue weighted by molar-refractivity contribution is -0.173. The van der Waals surface area contributed by atoms with Gasteiger partial charge in [-0.3, -0.25) is 4.79 Å². The standard InChI is InChI=1S/C15H19F4NO6S/c16-12-10-11(2-3-13(12)21)27(23,24)9-1-5-25-7-8-26-6-4-20-14(22)15(17,18)19/h2-3,10,21H,1,4-9H2,(H,20,22). The molecule has 12 heteroatoms. The maximum Gasteiger partial charge on any atom is 0.471 e. The number of aromatic hydroxyl groups is 1. The van der Waals surface area contributed by atoms with Crippen molar-refractivity contribution in [1.82, 2.24) is 5.32 Å². The SMILES string of the molecule is O=C(NCCOCCOCCCS(=O)(=O)c1ccc(O)c(F)c1)C(F)(F)F. The van der Waals surface area contributed by atoms with Crippen LogP contribution in [0.2, 0.25) is 0 Å². The van der Waals surface area contributed by atoms with Crippen LogP contribution in [0.15, 0.2) is 23.1 Å². The van der Waals surface area contributed by atoms with E-state index >= 15 is 0 Å². The van der Waals surface area contributed by atoms with Gasteiger partial charge in [0.05, 0.1) is 30.5 Å². The van der Waals surface area contributed by atoms with Crippen LogP contribution in [0.3, 0.4) is 0 Å². The van der Waals surface area contributed by atoms with Crippen molar-refractivity contribution in [3.63, 3.8) is 0 Å². The number of phenols is 1. The zero-order valence-corrected chi connectivity index (χ0v) is 14.9. The van der Waals surface area contributed by atoms with Crippen LogP contribution in [0.1, 0.15) is 6.42 Å². The molecule has 0 atom stereocenters. The highest BCUT2D eigenvalue weighted by Gasteiger charge is 2.38. The van der Waals surface area contributed by atoms with Gasteiger partial charge in [0.2, 0.25) is 0 Å². The Morgan fingerprint density at radius 2 is 1.74 bits per heavy atom. The average Bonchev–Trinajstić information content (AvgIpc) is 2.57. The van der Waals surface area contributed by atoms with E-state index in [0.717, 1.165) is 18.2 Å². The van der Waals surface area contributed by atoms with Gasteiger partial charge in [-0.05, 0) is 24.6 Å². The molecule has 1 aromatic rings. The van der Waals surface area contributed by atoms with E-state index in [9.17, 15) is 30.8 Å². The summed E-state index contributed by atoms with van der Waals surface area (Å²) >= 11 is 0. The third kappa shape index (κ3) is 8.54. The summed E-state index contributed by atoms with van der Waals surface area (Å²) in [6.07, 6.45) is -4.80. The van der Waals surface area contributed by atoms with Crippen LogP contribution >= 0.6 is 0 Å². The molecule has 0 heterocycles. The van der Waals surface area contributed by atoms with Gasteiger partial charge in [0, 0.05) is 13.2 Å². The monoisotopic (exact) mass is 417 g/mol. The predicted octanol–water partition coefficient (Wildman–Crippen LogP) is 1.41. The molecule has 0 unspecified atom stereocenters. The molecule has 27 heavy (non-hydrogen) atoms. The summed E-state index contributed by atoms with van der Waals surface area (Å²) in [5.74, 6) is -4.01. The van der Waals surface area contributed by atoms with Crippen LogP contribution in [0.5, 0.6) is 5.75 Å². The number of nitrogens with one attached hydrogen (secondary N) is 1.